The minimum atomic E-state index is -6.59. The number of nitrogen functional groups attached to an aromatic ring is 3. The lowest BCUT2D eigenvalue weighted by molar-refractivity contribution is -0.745. The highest BCUT2D eigenvalue weighted by molar-refractivity contribution is 7.65. The maximum absolute atomic E-state index is 13.5. The lowest BCUT2D eigenvalue weighted by Gasteiger charge is -2.35. The van der Waals surface area contributed by atoms with Crippen LogP contribution in [0.2, 0.25) is 0 Å². The number of nitrogens with one attached hydrogen (secondary N) is 2. The van der Waals surface area contributed by atoms with Gasteiger partial charge in [0, 0.05) is 7.11 Å². The molecule has 9 heterocycles. The van der Waals surface area contributed by atoms with Gasteiger partial charge in [-0.25, -0.2) is 33.1 Å². The Morgan fingerprint density at radius 3 is 1.89 bits per heavy atom. The minimum Gasteiger partial charge on any atom is -0.756 e. The van der Waals surface area contributed by atoms with Gasteiger partial charge in [-0.05, 0) is 0 Å². The largest absolute Gasteiger partial charge is 0.756 e. The van der Waals surface area contributed by atoms with Gasteiger partial charge in [0.15, 0.2) is 41.4 Å². The maximum Gasteiger partial charge on any atom is 0.313 e. The van der Waals surface area contributed by atoms with E-state index in [0.29, 0.717) is 0 Å². The molecule has 16 unspecified atom stereocenters. The summed E-state index contributed by atoms with van der Waals surface area (Å²) >= 11 is 0. The number of imidazole rings is 3. The number of aromatic amines is 2. The van der Waals surface area contributed by atoms with Crippen molar-refractivity contribution < 1.29 is 108 Å². The number of aliphatic hydroxyl groups is 4. The number of H-pyrrole nitrogens is 2. The zero-order chi connectivity index (χ0) is 54.3. The number of anilines is 3. The van der Waals surface area contributed by atoms with Gasteiger partial charge in [0.2, 0.25) is 17.7 Å². The van der Waals surface area contributed by atoms with Gasteiger partial charge in [-0.1, -0.05) is 12.4 Å². The van der Waals surface area contributed by atoms with Crippen LogP contribution >= 0.6 is 31.3 Å². The molecule has 0 bridgehead atoms. The smallest absolute Gasteiger partial charge is 0.313 e. The standard InChI is InChI=1S/C32H43N15O24P4.CH4/c1-44-9-47(25-15(44)27(53)43-32(35)41-25)29-19(51)17(49)11(67-29)4-64-73(56,57)70-75(60,61)71-74(58,59)65-5-12-20(21(62-2)30(68-12)45-7-38-13-22(33)36-6-37-23(13)45)69-72(54,55)63-3-10-16(48)18(50)28(66-10)46-8-39-14-24(46)40-31(34)42-26(14)52;/h6-12,16-21,28-30,48-51H,3-5H2,1-2H3,(H11-,33,34,35,36,37,40,41,42,43,52,53,54,55,56,57,58,59,60,61);1H4/p-3. The highest BCUT2D eigenvalue weighted by atomic mass is 31.3. The first-order chi connectivity index (χ1) is 35.2. The van der Waals surface area contributed by atoms with Crippen molar-refractivity contribution in [3.05, 3.63) is 46.0 Å². The lowest BCUT2D eigenvalue weighted by atomic mass is 10.1. The summed E-state index contributed by atoms with van der Waals surface area (Å²) in [6.07, 6.45) is -16.7. The van der Waals surface area contributed by atoms with E-state index in [2.05, 4.69) is 57.5 Å². The Balaban J connectivity index is 0.00000765. The number of nitrogens with zero attached hydrogens (tertiary/aromatic N) is 10. The molecule has 39 nitrogen and oxygen atoms in total. The van der Waals surface area contributed by atoms with E-state index in [4.69, 9.17) is 45.2 Å². The first kappa shape index (κ1) is 57.0. The van der Waals surface area contributed by atoms with Crippen molar-refractivity contribution in [1.29, 1.82) is 0 Å². The summed E-state index contributed by atoms with van der Waals surface area (Å²) in [4.78, 5) is 105. The Labute approximate surface area is 422 Å². The van der Waals surface area contributed by atoms with E-state index in [-0.39, 0.29) is 58.6 Å². The van der Waals surface area contributed by atoms with Crippen LogP contribution < -0.4 is 52.5 Å². The summed E-state index contributed by atoms with van der Waals surface area (Å²) in [7, 11) is -22.4. The first-order valence-electron chi connectivity index (χ1n) is 21.1. The third-order valence-electron chi connectivity index (χ3n) is 11.5. The van der Waals surface area contributed by atoms with Crippen molar-refractivity contribution >= 4 is 82.5 Å². The van der Waals surface area contributed by atoms with Crippen molar-refractivity contribution in [1.82, 2.24) is 53.6 Å². The number of rotatable bonds is 19. The Morgan fingerprint density at radius 1 is 0.684 bits per heavy atom. The number of fused-ring (bicyclic) bond motifs is 3. The fourth-order valence-electron chi connectivity index (χ4n) is 8.26. The van der Waals surface area contributed by atoms with E-state index in [9.17, 15) is 67.8 Å². The second kappa shape index (κ2) is 21.2. The third kappa shape index (κ3) is 11.3. The van der Waals surface area contributed by atoms with E-state index in [1.54, 1.807) is 0 Å². The molecule has 0 saturated carbocycles. The predicted octanol–water partition coefficient (Wildman–Crippen LogP) is -6.60. The monoisotopic (exact) mass is 1160 g/mol. The van der Waals surface area contributed by atoms with Crippen LogP contribution in [0.5, 0.6) is 0 Å². The predicted molar refractivity (Wildman–Crippen MR) is 237 cm³/mol. The molecule has 6 aromatic rings. The van der Waals surface area contributed by atoms with Gasteiger partial charge in [0.1, 0.15) is 66.8 Å². The second-order valence-corrected chi connectivity index (χ2v) is 22.3. The van der Waals surface area contributed by atoms with E-state index < -0.39 is 136 Å². The van der Waals surface area contributed by atoms with Gasteiger partial charge >= 0.3 is 5.65 Å². The van der Waals surface area contributed by atoms with Crippen molar-refractivity contribution in [2.75, 3.05) is 44.1 Å². The molecule has 3 saturated heterocycles. The summed E-state index contributed by atoms with van der Waals surface area (Å²) < 4.78 is 106. The van der Waals surface area contributed by atoms with Gasteiger partial charge in [-0.15, -0.1) is 0 Å². The van der Waals surface area contributed by atoms with Gasteiger partial charge in [-0.2, -0.15) is 4.98 Å². The summed E-state index contributed by atoms with van der Waals surface area (Å²) in [5, 5.41) is 43.0. The average Bonchev–Trinajstić information content (AvgIpc) is 4.17. The molecule has 0 radical (unpaired) electrons. The summed E-state index contributed by atoms with van der Waals surface area (Å²) in [6.45, 7) is -3.73. The summed E-state index contributed by atoms with van der Waals surface area (Å²) in [5.74, 6) is -0.782. The molecule has 0 amide bonds. The number of aryl methyl sites for hydroxylation is 1. The number of ether oxygens (including phenoxy) is 4. The molecule has 0 aliphatic carbocycles. The molecular formula is C33H44N15O24P4-3. The van der Waals surface area contributed by atoms with Crippen LogP contribution in [-0.2, 0) is 71.0 Å². The fraction of sp³-hybridized carbons (Fsp3) is 0.545. The number of aromatic nitrogens is 12. The van der Waals surface area contributed by atoms with E-state index in [1.807, 2.05) is 0 Å². The van der Waals surface area contributed by atoms with Crippen LogP contribution in [-0.4, -0.2) is 156 Å². The van der Waals surface area contributed by atoms with Crippen LogP contribution in [0.1, 0.15) is 26.1 Å². The topological polar surface area (TPSA) is 574 Å². The molecule has 9 rings (SSSR count). The van der Waals surface area contributed by atoms with Crippen molar-refractivity contribution in [3.63, 3.8) is 0 Å². The molecule has 6 aromatic heterocycles. The highest BCUT2D eigenvalue weighted by Gasteiger charge is 2.51. The molecule has 0 spiro atoms. The Morgan fingerprint density at radius 2 is 1.24 bits per heavy atom. The minimum absolute atomic E-state index is 0. The van der Waals surface area contributed by atoms with Crippen molar-refractivity contribution in [2.45, 2.75) is 81.0 Å². The number of hydrogen-bond acceptors (Lipinski definition) is 33. The zero-order valence-corrected chi connectivity index (χ0v) is 41.4. The normalized spacial score (nSPS) is 30.1. The van der Waals surface area contributed by atoms with Gasteiger partial charge in [0.25, 0.3) is 48.4 Å². The van der Waals surface area contributed by atoms with E-state index in [1.165, 1.54) is 17.9 Å². The number of aliphatic hydroxyl groups excluding tert-OH is 4. The van der Waals surface area contributed by atoms with Gasteiger partial charge in [-0.3, -0.25) is 51.5 Å². The molecule has 0 aromatic carbocycles. The van der Waals surface area contributed by atoms with Crippen LogP contribution in [0.4, 0.5) is 17.7 Å². The zero-order valence-electron chi connectivity index (χ0n) is 37.8. The Hall–Kier alpha value is -5.15. The number of phosphoric ester groups is 3. The quantitative estimate of drug-likeness (QED) is 0.0269. The molecule has 76 heavy (non-hydrogen) atoms. The molecule has 3 aliphatic heterocycles. The van der Waals surface area contributed by atoms with Crippen LogP contribution in [0.15, 0.2) is 34.9 Å². The van der Waals surface area contributed by atoms with Gasteiger partial charge in [0.05, 0.1) is 39.5 Å². The molecule has 3 fully saturated rings. The second-order valence-electron chi connectivity index (χ2n) is 16.4. The molecule has 418 valence electrons. The number of hydrogen-bond donors (Lipinski definition) is 9. The number of nitrogens with two attached hydrogens (primary N) is 3. The third-order valence-corrected chi connectivity index (χ3v) is 16.6. The van der Waals surface area contributed by atoms with Crippen LogP contribution in [0.25, 0.3) is 33.5 Å². The fourth-order valence-corrected chi connectivity index (χ4v) is 12.6. The first-order valence-corrected chi connectivity index (χ1v) is 26.9. The Bertz CT molecular complexity index is 3470. The van der Waals surface area contributed by atoms with Crippen molar-refractivity contribution in [3.8, 4) is 0 Å². The molecular weight excluding hydrogens is 1110 g/mol. The lowest BCUT2D eigenvalue weighted by Crippen LogP contribution is -2.46. The molecule has 12 N–H and O–H groups in total. The van der Waals surface area contributed by atoms with E-state index >= 15 is 0 Å². The van der Waals surface area contributed by atoms with Crippen LogP contribution in [0, 0.1) is 0 Å². The van der Waals surface area contributed by atoms with Gasteiger partial charge < -0.3 is 94.2 Å². The molecule has 16 atom stereocenters. The Kier molecular flexibility index (Phi) is 15.9. The summed E-state index contributed by atoms with van der Waals surface area (Å²) in [5.41, 5.74) is 15.1. The SMILES string of the molecule is C.COC1C(OP(=O)([O-])OCC2OC(n3cnc4c(=O)[nH]c(N)nc43)C(O)C2O)C(COP(=O)([O-])OP(=O)([O-])OP(=O)([O-])OCC2OC([n+]3cn(C)c4c(=O)[nH]c(N)nc43)C(O)C2O)OC1n1cnc2c(N)ncnc21. The number of methoxy groups -OCH3 is 1. The maximum atomic E-state index is 13.5. The summed E-state index contributed by atoms with van der Waals surface area (Å²) in [6, 6.07) is 0. The molecule has 3 aliphatic rings. The van der Waals surface area contributed by atoms with E-state index in [0.717, 1.165) is 39.8 Å². The van der Waals surface area contributed by atoms with Crippen LogP contribution in [0.3, 0.4) is 0 Å². The molecule has 43 heteroatoms. The number of phosphoric acid groups is 4. The average molecular weight is 1160 g/mol. The highest BCUT2D eigenvalue weighted by Crippen LogP contribution is 2.63. The van der Waals surface area contributed by atoms with Crippen molar-refractivity contribution in [2.24, 2.45) is 7.05 Å².